The number of aryl methyl sites for hydroxylation is 1. The molecule has 1 heterocycles. The molecule has 3 rings (SSSR count). The molecule has 0 spiro atoms. The minimum absolute atomic E-state index is 0.131. The van der Waals surface area contributed by atoms with Crippen molar-refractivity contribution in [3.05, 3.63) is 29.3 Å². The highest BCUT2D eigenvalue weighted by atomic mass is 16.4. The fourth-order valence-corrected chi connectivity index (χ4v) is 3.45. The van der Waals surface area contributed by atoms with Crippen LogP contribution in [0.5, 0.6) is 0 Å². The number of nitrogens with one attached hydrogen (secondary N) is 2. The van der Waals surface area contributed by atoms with Crippen LogP contribution in [0.4, 0.5) is 10.5 Å². The number of aliphatic carboxylic acids is 1. The molecule has 27 heavy (non-hydrogen) atoms. The van der Waals surface area contributed by atoms with Crippen LogP contribution in [0.2, 0.25) is 0 Å². The second-order valence-electron chi connectivity index (χ2n) is 7.89. The maximum absolute atomic E-state index is 12.7. The fraction of sp³-hybridized carbons (Fsp3) is 0.550. The van der Waals surface area contributed by atoms with E-state index in [2.05, 4.69) is 10.6 Å². The third kappa shape index (κ3) is 4.99. The van der Waals surface area contributed by atoms with Gasteiger partial charge in [-0.05, 0) is 55.7 Å². The van der Waals surface area contributed by atoms with Gasteiger partial charge in [0.05, 0.1) is 5.92 Å². The van der Waals surface area contributed by atoms with E-state index in [-0.39, 0.29) is 24.4 Å². The Hall–Kier alpha value is -2.57. The summed E-state index contributed by atoms with van der Waals surface area (Å²) in [6.07, 6.45) is 2.91. The molecule has 0 radical (unpaired) electrons. The first kappa shape index (κ1) is 19.2. The summed E-state index contributed by atoms with van der Waals surface area (Å²) < 4.78 is 0. The maximum atomic E-state index is 12.7. The molecule has 1 saturated carbocycles. The number of carboxylic acid groups (broad SMARTS) is 1. The van der Waals surface area contributed by atoms with E-state index >= 15 is 0 Å². The van der Waals surface area contributed by atoms with Crippen molar-refractivity contribution >= 4 is 23.6 Å². The quantitative estimate of drug-likeness (QED) is 0.739. The molecule has 0 aromatic heterocycles. The van der Waals surface area contributed by atoms with Gasteiger partial charge in [0.1, 0.15) is 0 Å². The predicted octanol–water partition coefficient (Wildman–Crippen LogP) is 2.71. The Labute approximate surface area is 159 Å². The van der Waals surface area contributed by atoms with Crippen molar-refractivity contribution in [2.75, 3.05) is 25.0 Å². The molecule has 2 fully saturated rings. The van der Waals surface area contributed by atoms with Crippen LogP contribution in [-0.2, 0) is 4.79 Å². The van der Waals surface area contributed by atoms with E-state index in [1.807, 2.05) is 13.8 Å². The fourth-order valence-electron chi connectivity index (χ4n) is 3.45. The van der Waals surface area contributed by atoms with Crippen LogP contribution in [0.25, 0.3) is 0 Å². The van der Waals surface area contributed by atoms with E-state index in [1.165, 1.54) is 12.8 Å². The summed E-state index contributed by atoms with van der Waals surface area (Å²) >= 11 is 0. The van der Waals surface area contributed by atoms with E-state index in [1.54, 1.807) is 23.1 Å². The van der Waals surface area contributed by atoms with Crippen LogP contribution in [0.3, 0.4) is 0 Å². The van der Waals surface area contributed by atoms with Gasteiger partial charge in [-0.1, -0.05) is 13.0 Å². The number of hydrogen-bond donors (Lipinski definition) is 3. The third-order valence-corrected chi connectivity index (χ3v) is 5.29. The van der Waals surface area contributed by atoms with Crippen LogP contribution in [0.1, 0.15) is 42.1 Å². The number of carbonyl (C=O) groups is 3. The molecule has 1 aromatic carbocycles. The van der Waals surface area contributed by atoms with Crippen LogP contribution < -0.4 is 10.6 Å². The second-order valence-corrected chi connectivity index (χ2v) is 7.89. The first-order chi connectivity index (χ1) is 12.8. The molecular formula is C20H27N3O4. The molecule has 1 saturated heterocycles. The van der Waals surface area contributed by atoms with Crippen molar-refractivity contribution < 1.29 is 19.5 Å². The lowest BCUT2D eigenvalue weighted by Crippen LogP contribution is -2.47. The molecule has 3 N–H and O–H groups in total. The van der Waals surface area contributed by atoms with Crippen LogP contribution in [-0.4, -0.2) is 47.5 Å². The van der Waals surface area contributed by atoms with Gasteiger partial charge in [0.2, 0.25) is 0 Å². The number of amides is 3. The Kier molecular flexibility index (Phi) is 5.68. The maximum Gasteiger partial charge on any atom is 0.321 e. The standard InChI is InChI=1S/C20H27N3O4/c1-12-7-16(19(25)26)11-23(10-12)20(27)22-17-8-15(6-3-13(17)2)18(24)21-9-14-4-5-14/h3,6,8,12,14,16H,4-5,7,9-11H2,1-2H3,(H,21,24)(H,22,27)(H,25,26). The lowest BCUT2D eigenvalue weighted by molar-refractivity contribution is -0.143. The molecule has 1 aliphatic heterocycles. The Bertz CT molecular complexity index is 745. The SMILES string of the molecule is Cc1ccc(C(=O)NCC2CC2)cc1NC(=O)N1CC(C)CC(C(=O)O)C1. The number of carbonyl (C=O) groups excluding carboxylic acids is 2. The Balaban J connectivity index is 1.66. The average Bonchev–Trinajstić information content (AvgIpc) is 3.45. The highest BCUT2D eigenvalue weighted by Gasteiger charge is 2.32. The van der Waals surface area contributed by atoms with E-state index in [9.17, 15) is 19.5 Å². The van der Waals surface area contributed by atoms with Gasteiger partial charge in [-0.25, -0.2) is 4.79 Å². The molecule has 1 aliphatic carbocycles. The molecule has 146 valence electrons. The number of carboxylic acids is 1. The van der Waals surface area contributed by atoms with E-state index in [0.717, 1.165) is 5.56 Å². The highest BCUT2D eigenvalue weighted by molar-refractivity contribution is 5.97. The lowest BCUT2D eigenvalue weighted by Gasteiger charge is -2.34. The monoisotopic (exact) mass is 373 g/mol. The number of urea groups is 1. The average molecular weight is 373 g/mol. The van der Waals surface area contributed by atoms with E-state index < -0.39 is 11.9 Å². The molecule has 7 nitrogen and oxygen atoms in total. The molecule has 1 aromatic rings. The minimum Gasteiger partial charge on any atom is -0.481 e. The highest BCUT2D eigenvalue weighted by Crippen LogP contribution is 2.28. The molecule has 2 atom stereocenters. The number of likely N-dealkylation sites (tertiary alicyclic amines) is 1. The predicted molar refractivity (Wildman–Crippen MR) is 102 cm³/mol. The normalized spacial score (nSPS) is 22.2. The second kappa shape index (κ2) is 7.98. The summed E-state index contributed by atoms with van der Waals surface area (Å²) in [4.78, 5) is 37.8. The van der Waals surface area contributed by atoms with Crippen molar-refractivity contribution in [1.29, 1.82) is 0 Å². The molecular weight excluding hydrogens is 346 g/mol. The zero-order valence-corrected chi connectivity index (χ0v) is 15.8. The zero-order chi connectivity index (χ0) is 19.6. The molecule has 3 amide bonds. The number of hydrogen-bond acceptors (Lipinski definition) is 3. The summed E-state index contributed by atoms with van der Waals surface area (Å²) in [6, 6.07) is 4.90. The number of benzene rings is 1. The van der Waals surface area contributed by atoms with Gasteiger partial charge >= 0.3 is 12.0 Å². The van der Waals surface area contributed by atoms with Gasteiger partial charge in [-0.3, -0.25) is 9.59 Å². The van der Waals surface area contributed by atoms with Gasteiger partial charge in [-0.15, -0.1) is 0 Å². The van der Waals surface area contributed by atoms with Gasteiger partial charge in [-0.2, -0.15) is 0 Å². The van der Waals surface area contributed by atoms with E-state index in [4.69, 9.17) is 0 Å². The Morgan fingerprint density at radius 3 is 2.63 bits per heavy atom. The first-order valence-electron chi connectivity index (χ1n) is 9.51. The van der Waals surface area contributed by atoms with Crippen LogP contribution in [0.15, 0.2) is 18.2 Å². The summed E-state index contributed by atoms with van der Waals surface area (Å²) in [5, 5.41) is 15.0. The molecule has 0 bridgehead atoms. The Morgan fingerprint density at radius 1 is 1.22 bits per heavy atom. The van der Waals surface area contributed by atoms with Crippen molar-refractivity contribution in [1.82, 2.24) is 10.2 Å². The summed E-state index contributed by atoms with van der Waals surface area (Å²) in [6.45, 7) is 5.23. The lowest BCUT2D eigenvalue weighted by atomic mass is 9.91. The number of rotatable bonds is 5. The van der Waals surface area contributed by atoms with Gasteiger partial charge < -0.3 is 20.6 Å². The van der Waals surface area contributed by atoms with Gasteiger partial charge in [0.15, 0.2) is 0 Å². The number of anilines is 1. The Morgan fingerprint density at radius 2 is 1.96 bits per heavy atom. The molecule has 7 heteroatoms. The van der Waals surface area contributed by atoms with Crippen LogP contribution >= 0.6 is 0 Å². The number of piperidine rings is 1. The van der Waals surface area contributed by atoms with E-state index in [0.29, 0.717) is 36.7 Å². The van der Waals surface area contributed by atoms with Crippen molar-refractivity contribution in [2.24, 2.45) is 17.8 Å². The third-order valence-electron chi connectivity index (χ3n) is 5.29. The summed E-state index contributed by atoms with van der Waals surface area (Å²) in [5.74, 6) is -0.826. The van der Waals surface area contributed by atoms with Gasteiger partial charge in [0.25, 0.3) is 5.91 Å². The summed E-state index contributed by atoms with van der Waals surface area (Å²) in [5.41, 5.74) is 1.93. The summed E-state index contributed by atoms with van der Waals surface area (Å²) in [7, 11) is 0. The minimum atomic E-state index is -0.870. The van der Waals surface area contributed by atoms with Crippen molar-refractivity contribution in [3.8, 4) is 0 Å². The zero-order valence-electron chi connectivity index (χ0n) is 15.8. The smallest absolute Gasteiger partial charge is 0.321 e. The largest absolute Gasteiger partial charge is 0.481 e. The topological polar surface area (TPSA) is 98.7 Å². The van der Waals surface area contributed by atoms with Crippen molar-refractivity contribution in [2.45, 2.75) is 33.1 Å². The molecule has 2 unspecified atom stereocenters. The first-order valence-corrected chi connectivity index (χ1v) is 9.51. The molecule has 2 aliphatic rings. The number of nitrogens with zero attached hydrogens (tertiary/aromatic N) is 1. The van der Waals surface area contributed by atoms with Gasteiger partial charge in [0, 0.05) is 30.9 Å². The van der Waals surface area contributed by atoms with Crippen LogP contribution in [0, 0.1) is 24.7 Å². The van der Waals surface area contributed by atoms with Crippen molar-refractivity contribution in [3.63, 3.8) is 0 Å².